The molecule has 5 nitrogen and oxygen atoms in total. The van der Waals surface area contributed by atoms with Crippen molar-refractivity contribution < 1.29 is 14.3 Å². The van der Waals surface area contributed by atoms with Crippen LogP contribution in [-0.2, 0) is 11.3 Å². The molecule has 0 amide bonds. The first-order valence-electron chi connectivity index (χ1n) is 5.47. The maximum atomic E-state index is 11.6. The smallest absolute Gasteiger partial charge is 0.341 e. The molecule has 1 aromatic carbocycles. The molecule has 0 spiro atoms. The van der Waals surface area contributed by atoms with Gasteiger partial charge < -0.3 is 9.47 Å². The standard InChI is InChI=1S/C13H14N2O3/c1-17-12-5-4-10(8-11(12)13(16)18-2)9-15-7-3-6-14-15/h3-8H,9H2,1-2H3. The van der Waals surface area contributed by atoms with E-state index in [1.165, 1.54) is 14.2 Å². The summed E-state index contributed by atoms with van der Waals surface area (Å²) in [6.07, 6.45) is 3.58. The van der Waals surface area contributed by atoms with Crippen molar-refractivity contribution in [1.82, 2.24) is 9.78 Å². The van der Waals surface area contributed by atoms with Crippen molar-refractivity contribution in [3.05, 3.63) is 47.8 Å². The number of hydrogen-bond donors (Lipinski definition) is 0. The van der Waals surface area contributed by atoms with E-state index in [1.54, 1.807) is 23.0 Å². The Bertz CT molecular complexity index is 535. The first-order chi connectivity index (χ1) is 8.74. The molecule has 0 fully saturated rings. The second kappa shape index (κ2) is 5.35. The minimum Gasteiger partial charge on any atom is -0.496 e. The number of carbonyl (C=O) groups excluding carboxylic acids is 1. The average molecular weight is 246 g/mol. The van der Waals surface area contributed by atoms with Crippen molar-refractivity contribution in [1.29, 1.82) is 0 Å². The summed E-state index contributed by atoms with van der Waals surface area (Å²) in [6, 6.07) is 7.26. The van der Waals surface area contributed by atoms with Crippen LogP contribution in [0.4, 0.5) is 0 Å². The van der Waals surface area contributed by atoms with E-state index in [0.29, 0.717) is 17.9 Å². The van der Waals surface area contributed by atoms with Gasteiger partial charge in [-0.05, 0) is 23.8 Å². The second-order valence-electron chi connectivity index (χ2n) is 3.73. The Hall–Kier alpha value is -2.30. The second-order valence-corrected chi connectivity index (χ2v) is 3.73. The van der Waals surface area contributed by atoms with Crippen molar-refractivity contribution >= 4 is 5.97 Å². The molecule has 5 heteroatoms. The molecule has 0 aliphatic carbocycles. The fourth-order valence-electron chi connectivity index (χ4n) is 1.70. The SMILES string of the molecule is COC(=O)c1cc(Cn2cccn2)ccc1OC. The van der Waals surface area contributed by atoms with Gasteiger partial charge in [-0.2, -0.15) is 5.10 Å². The molecular formula is C13H14N2O3. The summed E-state index contributed by atoms with van der Waals surface area (Å²) >= 11 is 0. The largest absolute Gasteiger partial charge is 0.496 e. The highest BCUT2D eigenvalue weighted by Crippen LogP contribution is 2.21. The summed E-state index contributed by atoms with van der Waals surface area (Å²) < 4.78 is 11.6. The molecule has 0 bridgehead atoms. The number of carbonyl (C=O) groups is 1. The lowest BCUT2D eigenvalue weighted by Gasteiger charge is -2.09. The van der Waals surface area contributed by atoms with Gasteiger partial charge in [-0.3, -0.25) is 4.68 Å². The lowest BCUT2D eigenvalue weighted by molar-refractivity contribution is 0.0597. The van der Waals surface area contributed by atoms with Crippen LogP contribution in [0, 0.1) is 0 Å². The van der Waals surface area contributed by atoms with Gasteiger partial charge in [0.05, 0.1) is 20.8 Å². The number of methoxy groups -OCH3 is 2. The summed E-state index contributed by atoms with van der Waals surface area (Å²) in [7, 11) is 2.87. The summed E-state index contributed by atoms with van der Waals surface area (Å²) in [5, 5.41) is 4.12. The van der Waals surface area contributed by atoms with Crippen molar-refractivity contribution in [2.24, 2.45) is 0 Å². The van der Waals surface area contributed by atoms with Crippen molar-refractivity contribution in [2.45, 2.75) is 6.54 Å². The van der Waals surface area contributed by atoms with E-state index < -0.39 is 5.97 Å². The minimum absolute atomic E-state index is 0.408. The highest BCUT2D eigenvalue weighted by Gasteiger charge is 2.13. The molecule has 94 valence electrons. The van der Waals surface area contributed by atoms with Crippen molar-refractivity contribution in [2.75, 3.05) is 14.2 Å². The molecule has 0 N–H and O–H groups in total. The van der Waals surface area contributed by atoms with E-state index >= 15 is 0 Å². The molecule has 0 saturated carbocycles. The van der Waals surface area contributed by atoms with E-state index in [-0.39, 0.29) is 0 Å². The third kappa shape index (κ3) is 2.51. The Morgan fingerprint density at radius 3 is 2.83 bits per heavy atom. The fourth-order valence-corrected chi connectivity index (χ4v) is 1.70. The van der Waals surface area contributed by atoms with E-state index in [1.807, 2.05) is 18.3 Å². The normalized spacial score (nSPS) is 10.1. The maximum absolute atomic E-state index is 11.6. The lowest BCUT2D eigenvalue weighted by atomic mass is 10.1. The molecule has 0 saturated heterocycles. The van der Waals surface area contributed by atoms with Crippen LogP contribution in [0.3, 0.4) is 0 Å². The van der Waals surface area contributed by atoms with E-state index in [9.17, 15) is 4.79 Å². The van der Waals surface area contributed by atoms with Crippen LogP contribution >= 0.6 is 0 Å². The van der Waals surface area contributed by atoms with Crippen LogP contribution in [0.1, 0.15) is 15.9 Å². The van der Waals surface area contributed by atoms with Crippen LogP contribution in [0.5, 0.6) is 5.75 Å². The number of hydrogen-bond acceptors (Lipinski definition) is 4. The van der Waals surface area contributed by atoms with Gasteiger partial charge in [-0.1, -0.05) is 6.07 Å². The summed E-state index contributed by atoms with van der Waals surface area (Å²) in [5.41, 5.74) is 1.38. The van der Waals surface area contributed by atoms with Gasteiger partial charge >= 0.3 is 5.97 Å². The zero-order valence-electron chi connectivity index (χ0n) is 10.3. The van der Waals surface area contributed by atoms with Gasteiger partial charge in [0.2, 0.25) is 0 Å². The molecule has 2 aromatic rings. The number of rotatable bonds is 4. The number of esters is 1. The predicted octanol–water partition coefficient (Wildman–Crippen LogP) is 1.73. The topological polar surface area (TPSA) is 53.4 Å². The Morgan fingerprint density at radius 1 is 1.39 bits per heavy atom. The van der Waals surface area contributed by atoms with Gasteiger partial charge in [0.15, 0.2) is 0 Å². The van der Waals surface area contributed by atoms with Gasteiger partial charge in [0.1, 0.15) is 11.3 Å². The Kier molecular flexibility index (Phi) is 3.62. The molecule has 18 heavy (non-hydrogen) atoms. The van der Waals surface area contributed by atoms with Gasteiger partial charge in [-0.25, -0.2) is 4.79 Å². The molecule has 1 aromatic heterocycles. The van der Waals surface area contributed by atoms with E-state index in [4.69, 9.17) is 9.47 Å². The zero-order valence-corrected chi connectivity index (χ0v) is 10.3. The number of benzene rings is 1. The van der Waals surface area contributed by atoms with Crippen molar-refractivity contribution in [3.8, 4) is 5.75 Å². The third-order valence-electron chi connectivity index (χ3n) is 2.57. The predicted molar refractivity (Wildman–Crippen MR) is 65.7 cm³/mol. The molecular weight excluding hydrogens is 232 g/mol. The van der Waals surface area contributed by atoms with Crippen molar-refractivity contribution in [3.63, 3.8) is 0 Å². The summed E-state index contributed by atoms with van der Waals surface area (Å²) in [5.74, 6) is 0.0974. The lowest BCUT2D eigenvalue weighted by Crippen LogP contribution is -2.06. The fraction of sp³-hybridized carbons (Fsp3) is 0.231. The van der Waals surface area contributed by atoms with Gasteiger partial charge in [0, 0.05) is 12.4 Å². The molecule has 0 unspecified atom stereocenters. The van der Waals surface area contributed by atoms with Crippen LogP contribution in [0.2, 0.25) is 0 Å². The monoisotopic (exact) mass is 246 g/mol. The first kappa shape index (κ1) is 12.2. The molecule has 1 heterocycles. The number of ether oxygens (including phenoxy) is 2. The van der Waals surface area contributed by atoms with Gasteiger partial charge in [0.25, 0.3) is 0 Å². The molecule has 0 atom stereocenters. The molecule has 2 rings (SSSR count). The molecule has 0 aliphatic heterocycles. The highest BCUT2D eigenvalue weighted by molar-refractivity contribution is 5.92. The van der Waals surface area contributed by atoms with E-state index in [0.717, 1.165) is 5.56 Å². The van der Waals surface area contributed by atoms with Crippen LogP contribution in [0.15, 0.2) is 36.7 Å². The minimum atomic E-state index is -0.408. The first-order valence-corrected chi connectivity index (χ1v) is 5.47. The zero-order chi connectivity index (χ0) is 13.0. The summed E-state index contributed by atoms with van der Waals surface area (Å²) in [6.45, 7) is 0.598. The maximum Gasteiger partial charge on any atom is 0.341 e. The summed E-state index contributed by atoms with van der Waals surface area (Å²) in [4.78, 5) is 11.6. The van der Waals surface area contributed by atoms with Crippen LogP contribution in [-0.4, -0.2) is 30.0 Å². The third-order valence-corrected chi connectivity index (χ3v) is 2.57. The van der Waals surface area contributed by atoms with Crippen LogP contribution in [0.25, 0.3) is 0 Å². The molecule has 0 aliphatic rings. The van der Waals surface area contributed by atoms with Gasteiger partial charge in [-0.15, -0.1) is 0 Å². The molecule has 0 radical (unpaired) electrons. The Balaban J connectivity index is 2.30. The Morgan fingerprint density at radius 2 is 2.22 bits per heavy atom. The Labute approximate surface area is 105 Å². The van der Waals surface area contributed by atoms with E-state index in [2.05, 4.69) is 5.10 Å². The number of aromatic nitrogens is 2. The quantitative estimate of drug-likeness (QED) is 0.771. The highest BCUT2D eigenvalue weighted by atomic mass is 16.5. The average Bonchev–Trinajstić information content (AvgIpc) is 2.90. The van der Waals surface area contributed by atoms with Crippen LogP contribution < -0.4 is 4.74 Å². The number of nitrogens with zero attached hydrogens (tertiary/aromatic N) is 2.